The van der Waals surface area contributed by atoms with Gasteiger partial charge in [-0.05, 0) is 73.7 Å². The molecule has 4 aromatic rings. The van der Waals surface area contributed by atoms with Crippen molar-refractivity contribution in [2.24, 2.45) is 0 Å². The molecule has 4 heterocycles. The van der Waals surface area contributed by atoms with E-state index in [1.165, 1.54) is 32.7 Å². The average Bonchev–Trinajstić information content (AvgIpc) is 3.45. The molecule has 0 spiro atoms. The summed E-state index contributed by atoms with van der Waals surface area (Å²) < 4.78 is 15.0. The molecule has 1 aliphatic carbocycles. The van der Waals surface area contributed by atoms with Crippen molar-refractivity contribution >= 4 is 46.0 Å². The van der Waals surface area contributed by atoms with Gasteiger partial charge in [-0.15, -0.1) is 11.3 Å². The summed E-state index contributed by atoms with van der Waals surface area (Å²) in [6, 6.07) is 11.5. The zero-order valence-corrected chi connectivity index (χ0v) is 24.1. The van der Waals surface area contributed by atoms with Crippen LogP contribution in [0.4, 0.5) is 27.3 Å². The van der Waals surface area contributed by atoms with Crippen molar-refractivity contribution in [2.75, 3.05) is 48.4 Å². The van der Waals surface area contributed by atoms with Crippen molar-refractivity contribution in [3.05, 3.63) is 80.2 Å². The SMILES string of the molecule is CN(C(=O)c1cc2c(s1)CCCC2)c1cc(-c2cc(N(C)c3ccc(N4CCNCC4=O)cn3)c(=O)[nH]n2)ccc1F. The molecule has 0 bridgehead atoms. The van der Waals surface area contributed by atoms with E-state index >= 15 is 4.39 Å². The highest BCUT2D eigenvalue weighted by Crippen LogP contribution is 2.33. The van der Waals surface area contributed by atoms with Crippen LogP contribution < -0.4 is 25.6 Å². The molecule has 216 valence electrons. The molecule has 0 radical (unpaired) electrons. The maximum absolute atomic E-state index is 15.0. The molecule has 0 unspecified atom stereocenters. The van der Waals surface area contributed by atoms with Gasteiger partial charge in [-0.25, -0.2) is 14.5 Å². The molecular formula is C30H30FN7O3S. The van der Waals surface area contributed by atoms with Crippen molar-refractivity contribution in [1.29, 1.82) is 0 Å². The normalized spacial score (nSPS) is 14.9. The van der Waals surface area contributed by atoms with Gasteiger partial charge in [0.25, 0.3) is 11.5 Å². The van der Waals surface area contributed by atoms with Crippen molar-refractivity contribution in [3.8, 4) is 11.3 Å². The number of aromatic nitrogens is 3. The Bertz CT molecular complexity index is 1700. The number of amides is 2. The van der Waals surface area contributed by atoms with Gasteiger partial charge in [0.05, 0.1) is 34.7 Å². The number of aryl methyl sites for hydroxylation is 2. The number of nitrogens with zero attached hydrogens (tertiary/aromatic N) is 5. The van der Waals surface area contributed by atoms with E-state index in [0.717, 1.165) is 25.7 Å². The summed E-state index contributed by atoms with van der Waals surface area (Å²) in [7, 11) is 3.27. The quantitative estimate of drug-likeness (QED) is 0.352. The lowest BCUT2D eigenvalue weighted by atomic mass is 9.99. The van der Waals surface area contributed by atoms with Gasteiger partial charge < -0.3 is 20.0 Å². The minimum Gasteiger partial charge on any atom is -0.325 e. The first-order chi connectivity index (χ1) is 20.3. The fraction of sp³-hybridized carbons (Fsp3) is 0.300. The van der Waals surface area contributed by atoms with Gasteiger partial charge in [0.2, 0.25) is 5.91 Å². The fourth-order valence-electron chi connectivity index (χ4n) is 5.33. The number of piperazine rings is 1. The lowest BCUT2D eigenvalue weighted by molar-refractivity contribution is -0.118. The number of rotatable bonds is 6. The summed E-state index contributed by atoms with van der Waals surface area (Å²) in [5.41, 5.74) is 2.79. The van der Waals surface area contributed by atoms with Crippen LogP contribution in [0.5, 0.6) is 0 Å². The summed E-state index contributed by atoms with van der Waals surface area (Å²) in [6.07, 6.45) is 5.79. The molecule has 1 saturated heterocycles. The zero-order valence-electron chi connectivity index (χ0n) is 23.3. The number of aromatic amines is 1. The van der Waals surface area contributed by atoms with Gasteiger partial charge in [0, 0.05) is 37.6 Å². The lowest BCUT2D eigenvalue weighted by Crippen LogP contribution is -2.48. The number of hydrogen-bond donors (Lipinski definition) is 2. The van der Waals surface area contributed by atoms with E-state index in [1.54, 1.807) is 60.4 Å². The second-order valence-corrected chi connectivity index (χ2v) is 11.6. The van der Waals surface area contributed by atoms with Gasteiger partial charge in [-0.3, -0.25) is 14.4 Å². The molecule has 0 saturated carbocycles. The summed E-state index contributed by atoms with van der Waals surface area (Å²) in [5, 5.41) is 9.75. The number of hydrogen-bond acceptors (Lipinski definition) is 8. The van der Waals surface area contributed by atoms with E-state index in [2.05, 4.69) is 20.5 Å². The van der Waals surface area contributed by atoms with Gasteiger partial charge >= 0.3 is 0 Å². The second-order valence-electron chi connectivity index (χ2n) is 10.4. The summed E-state index contributed by atoms with van der Waals surface area (Å²) in [4.78, 5) is 49.2. The molecule has 3 aromatic heterocycles. The Morgan fingerprint density at radius 2 is 1.88 bits per heavy atom. The number of anilines is 4. The van der Waals surface area contributed by atoms with Crippen LogP contribution in [0, 0.1) is 5.82 Å². The predicted molar refractivity (Wildman–Crippen MR) is 161 cm³/mol. The first-order valence-corrected chi connectivity index (χ1v) is 14.6. The molecule has 6 rings (SSSR count). The molecule has 42 heavy (non-hydrogen) atoms. The number of H-pyrrole nitrogens is 1. The van der Waals surface area contributed by atoms with Crippen LogP contribution in [0.2, 0.25) is 0 Å². The molecule has 2 aliphatic rings. The molecule has 1 aromatic carbocycles. The van der Waals surface area contributed by atoms with Gasteiger partial charge in [0.15, 0.2) is 0 Å². The third-order valence-corrected chi connectivity index (χ3v) is 8.96. The molecule has 0 atom stereocenters. The van der Waals surface area contributed by atoms with E-state index < -0.39 is 11.4 Å². The molecule has 12 heteroatoms. The van der Waals surface area contributed by atoms with Crippen LogP contribution in [0.1, 0.15) is 33.0 Å². The molecular weight excluding hydrogens is 557 g/mol. The van der Waals surface area contributed by atoms with Crippen molar-refractivity contribution in [2.45, 2.75) is 25.7 Å². The maximum atomic E-state index is 15.0. The Kier molecular flexibility index (Phi) is 7.56. The van der Waals surface area contributed by atoms with E-state index in [1.807, 2.05) is 6.07 Å². The highest BCUT2D eigenvalue weighted by molar-refractivity contribution is 7.14. The minimum atomic E-state index is -0.537. The third kappa shape index (κ3) is 5.30. The van der Waals surface area contributed by atoms with Crippen molar-refractivity contribution in [1.82, 2.24) is 20.5 Å². The van der Waals surface area contributed by atoms with Gasteiger partial charge in [-0.1, -0.05) is 0 Å². The lowest BCUT2D eigenvalue weighted by Gasteiger charge is -2.27. The Labute approximate surface area is 245 Å². The molecule has 1 aliphatic heterocycles. The Hall–Kier alpha value is -4.42. The number of fused-ring (bicyclic) bond motifs is 1. The first-order valence-electron chi connectivity index (χ1n) is 13.8. The van der Waals surface area contributed by atoms with Crippen molar-refractivity contribution in [3.63, 3.8) is 0 Å². The Morgan fingerprint density at radius 3 is 2.64 bits per heavy atom. The number of carbonyl (C=O) groups is 2. The topological polar surface area (TPSA) is 115 Å². The number of carbonyl (C=O) groups excluding carboxylic acids is 2. The van der Waals surface area contributed by atoms with Crippen LogP contribution in [-0.2, 0) is 17.6 Å². The predicted octanol–water partition coefficient (Wildman–Crippen LogP) is 3.89. The highest BCUT2D eigenvalue weighted by Gasteiger charge is 2.24. The molecule has 1 fully saturated rings. The van der Waals surface area contributed by atoms with Crippen LogP contribution in [0.3, 0.4) is 0 Å². The van der Waals surface area contributed by atoms with E-state index in [0.29, 0.717) is 40.7 Å². The average molecular weight is 588 g/mol. The zero-order chi connectivity index (χ0) is 29.4. The van der Waals surface area contributed by atoms with Crippen molar-refractivity contribution < 1.29 is 14.0 Å². The summed E-state index contributed by atoms with van der Waals surface area (Å²) in [6.45, 7) is 1.54. The van der Waals surface area contributed by atoms with Crippen LogP contribution in [0.15, 0.2) is 53.5 Å². The fourth-order valence-corrected chi connectivity index (χ4v) is 6.56. The Morgan fingerprint density at radius 1 is 1.05 bits per heavy atom. The summed E-state index contributed by atoms with van der Waals surface area (Å²) >= 11 is 1.49. The number of thiophene rings is 1. The molecule has 2 amide bonds. The van der Waals surface area contributed by atoms with E-state index in [4.69, 9.17) is 0 Å². The Balaban J connectivity index is 1.25. The number of nitrogens with one attached hydrogen (secondary N) is 2. The van der Waals surface area contributed by atoms with Crippen LogP contribution in [0.25, 0.3) is 11.3 Å². The molecule has 10 nitrogen and oxygen atoms in total. The number of halogens is 1. The first kappa shape index (κ1) is 27.7. The number of pyridine rings is 1. The maximum Gasteiger partial charge on any atom is 0.288 e. The van der Waals surface area contributed by atoms with E-state index in [9.17, 15) is 14.4 Å². The molecule has 2 N–H and O–H groups in total. The van der Waals surface area contributed by atoms with E-state index in [-0.39, 0.29) is 29.7 Å². The summed E-state index contributed by atoms with van der Waals surface area (Å²) in [5.74, 6) is -0.338. The second kappa shape index (κ2) is 11.5. The van der Waals surface area contributed by atoms with Crippen LogP contribution in [-0.4, -0.2) is 60.7 Å². The largest absolute Gasteiger partial charge is 0.325 e. The van der Waals surface area contributed by atoms with Gasteiger partial charge in [0.1, 0.15) is 17.3 Å². The van der Waals surface area contributed by atoms with Crippen LogP contribution >= 0.6 is 11.3 Å². The monoisotopic (exact) mass is 587 g/mol. The van der Waals surface area contributed by atoms with Gasteiger partial charge in [-0.2, -0.15) is 5.10 Å². The highest BCUT2D eigenvalue weighted by atomic mass is 32.1. The third-order valence-electron chi connectivity index (χ3n) is 7.74. The minimum absolute atomic E-state index is 0.0279. The number of benzene rings is 1. The smallest absolute Gasteiger partial charge is 0.288 e. The standard InChI is InChI=1S/C30H30FN7O3S/c1-36(27-10-8-20(16-33-27)38-12-11-32-17-28(38)39)24-15-22(34-35-29(24)40)18-7-9-21(31)23(13-18)37(2)30(41)26-14-19-5-3-4-6-25(19)42-26/h7-10,13-16,32H,3-6,11-12,17H2,1-2H3,(H,35,40).